The molecule has 1 aliphatic rings. The highest BCUT2D eigenvalue weighted by Gasteiger charge is 2.28. The van der Waals surface area contributed by atoms with E-state index in [2.05, 4.69) is 10.4 Å². The average Bonchev–Trinajstić information content (AvgIpc) is 2.35. The standard InChI is InChI=1S/C12H15F4N3/c1-6-4-3-5-7(2)19(6)18-10-8(13)11(15)17-12(16)9(10)14/h6-7H,3-5H2,1-2H3,(H,17,18). The first-order valence-corrected chi connectivity index (χ1v) is 6.16. The smallest absolute Gasteiger partial charge is 0.253 e. The van der Waals surface area contributed by atoms with Crippen molar-refractivity contribution >= 4 is 5.69 Å². The van der Waals surface area contributed by atoms with Gasteiger partial charge in [-0.15, -0.1) is 0 Å². The molecule has 7 heteroatoms. The van der Waals surface area contributed by atoms with E-state index in [1.165, 1.54) is 0 Å². The zero-order chi connectivity index (χ0) is 14.2. The molecule has 0 aromatic carbocycles. The predicted octanol–water partition coefficient (Wildman–Crippen LogP) is 3.23. The number of halogens is 4. The van der Waals surface area contributed by atoms with Crippen LogP contribution in [0, 0.1) is 23.5 Å². The Balaban J connectivity index is 2.32. The normalized spacial score (nSPS) is 24.5. The molecule has 0 bridgehead atoms. The van der Waals surface area contributed by atoms with Gasteiger partial charge in [0.1, 0.15) is 5.69 Å². The van der Waals surface area contributed by atoms with Crippen LogP contribution in [0.25, 0.3) is 0 Å². The van der Waals surface area contributed by atoms with E-state index in [1.807, 2.05) is 13.8 Å². The van der Waals surface area contributed by atoms with Gasteiger partial charge in [0.2, 0.25) is 11.6 Å². The Morgan fingerprint density at radius 3 is 1.95 bits per heavy atom. The second kappa shape index (κ2) is 5.32. The van der Waals surface area contributed by atoms with E-state index < -0.39 is 29.2 Å². The number of hydrogen-bond donors (Lipinski definition) is 1. The molecular weight excluding hydrogens is 262 g/mol. The van der Waals surface area contributed by atoms with Crippen LogP contribution in [0.4, 0.5) is 23.2 Å². The number of hydrazine groups is 1. The van der Waals surface area contributed by atoms with Crippen LogP contribution >= 0.6 is 0 Å². The van der Waals surface area contributed by atoms with E-state index >= 15 is 0 Å². The Morgan fingerprint density at radius 1 is 1.00 bits per heavy atom. The summed E-state index contributed by atoms with van der Waals surface area (Å²) in [6.45, 7) is 3.76. The third-order valence-electron chi connectivity index (χ3n) is 3.43. The van der Waals surface area contributed by atoms with Crippen LogP contribution in [-0.2, 0) is 0 Å². The average molecular weight is 277 g/mol. The van der Waals surface area contributed by atoms with Crippen molar-refractivity contribution in [2.75, 3.05) is 5.43 Å². The summed E-state index contributed by atoms with van der Waals surface area (Å²) >= 11 is 0. The zero-order valence-electron chi connectivity index (χ0n) is 10.7. The molecule has 106 valence electrons. The predicted molar refractivity (Wildman–Crippen MR) is 62.3 cm³/mol. The van der Waals surface area contributed by atoms with E-state index in [1.54, 1.807) is 5.01 Å². The van der Waals surface area contributed by atoms with Gasteiger partial charge in [-0.1, -0.05) is 6.42 Å². The lowest BCUT2D eigenvalue weighted by molar-refractivity contribution is 0.134. The van der Waals surface area contributed by atoms with Crippen molar-refractivity contribution in [3.05, 3.63) is 23.5 Å². The van der Waals surface area contributed by atoms with Crippen molar-refractivity contribution in [1.82, 2.24) is 9.99 Å². The van der Waals surface area contributed by atoms with Crippen molar-refractivity contribution in [2.45, 2.75) is 45.2 Å². The minimum Gasteiger partial charge on any atom is -0.313 e. The number of hydrogen-bond acceptors (Lipinski definition) is 3. The topological polar surface area (TPSA) is 28.2 Å². The van der Waals surface area contributed by atoms with Gasteiger partial charge in [-0.3, -0.25) is 0 Å². The highest BCUT2D eigenvalue weighted by molar-refractivity contribution is 5.44. The Bertz CT molecular complexity index is 444. The number of anilines is 1. The monoisotopic (exact) mass is 277 g/mol. The summed E-state index contributed by atoms with van der Waals surface area (Å²) in [4.78, 5) is 2.52. The van der Waals surface area contributed by atoms with Crippen molar-refractivity contribution in [3.8, 4) is 0 Å². The highest BCUT2D eigenvalue weighted by Crippen LogP contribution is 2.27. The molecule has 2 atom stereocenters. The van der Waals surface area contributed by atoms with E-state index in [4.69, 9.17) is 0 Å². The summed E-state index contributed by atoms with van der Waals surface area (Å²) < 4.78 is 53.1. The van der Waals surface area contributed by atoms with Crippen molar-refractivity contribution in [1.29, 1.82) is 0 Å². The zero-order valence-corrected chi connectivity index (χ0v) is 10.7. The summed E-state index contributed by atoms with van der Waals surface area (Å²) in [5.74, 6) is -6.33. The highest BCUT2D eigenvalue weighted by atomic mass is 19.2. The summed E-state index contributed by atoms with van der Waals surface area (Å²) in [5, 5.41) is 1.61. The molecule has 0 spiro atoms. The van der Waals surface area contributed by atoms with Crippen LogP contribution < -0.4 is 5.43 Å². The van der Waals surface area contributed by atoms with Gasteiger partial charge in [0.05, 0.1) is 0 Å². The quantitative estimate of drug-likeness (QED) is 0.664. The fourth-order valence-corrected chi connectivity index (χ4v) is 2.36. The maximum absolute atomic E-state index is 13.5. The molecule has 2 rings (SSSR count). The Morgan fingerprint density at radius 2 is 1.47 bits per heavy atom. The number of aromatic nitrogens is 1. The minimum absolute atomic E-state index is 0.0156. The van der Waals surface area contributed by atoms with E-state index in [0.29, 0.717) is 0 Å². The lowest BCUT2D eigenvalue weighted by atomic mass is 10.00. The van der Waals surface area contributed by atoms with Crippen LogP contribution in [0.2, 0.25) is 0 Å². The van der Waals surface area contributed by atoms with Gasteiger partial charge in [0.15, 0.2) is 0 Å². The van der Waals surface area contributed by atoms with E-state index in [0.717, 1.165) is 19.3 Å². The van der Waals surface area contributed by atoms with Gasteiger partial charge in [-0.25, -0.2) is 5.01 Å². The maximum atomic E-state index is 13.5. The van der Waals surface area contributed by atoms with Gasteiger partial charge in [-0.05, 0) is 26.7 Å². The molecular formula is C12H15F4N3. The van der Waals surface area contributed by atoms with Crippen LogP contribution in [0.3, 0.4) is 0 Å². The van der Waals surface area contributed by atoms with Gasteiger partial charge < -0.3 is 5.43 Å². The van der Waals surface area contributed by atoms with E-state index in [9.17, 15) is 17.6 Å². The summed E-state index contributed by atoms with van der Waals surface area (Å²) in [7, 11) is 0. The molecule has 0 amide bonds. The molecule has 1 saturated heterocycles. The molecule has 2 unspecified atom stereocenters. The molecule has 19 heavy (non-hydrogen) atoms. The third-order valence-corrected chi connectivity index (χ3v) is 3.43. The maximum Gasteiger partial charge on any atom is 0.253 e. The second-order valence-electron chi connectivity index (χ2n) is 4.84. The first kappa shape index (κ1) is 14.0. The summed E-state index contributed by atoms with van der Waals surface area (Å²) in [5.41, 5.74) is 1.63. The Labute approximate surface area is 108 Å². The number of pyridine rings is 1. The van der Waals surface area contributed by atoms with Crippen LogP contribution in [0.15, 0.2) is 0 Å². The fraction of sp³-hybridized carbons (Fsp3) is 0.583. The SMILES string of the molecule is CC1CCCC(C)N1Nc1c(F)c(F)nc(F)c1F. The molecule has 1 fully saturated rings. The number of nitrogens with zero attached hydrogens (tertiary/aromatic N) is 2. The molecule has 1 N–H and O–H groups in total. The molecule has 2 heterocycles. The molecule has 1 aromatic heterocycles. The van der Waals surface area contributed by atoms with Crippen LogP contribution in [0.5, 0.6) is 0 Å². The summed E-state index contributed by atoms with van der Waals surface area (Å²) in [6.07, 6.45) is 2.69. The number of rotatable bonds is 2. The van der Waals surface area contributed by atoms with Gasteiger partial charge in [0, 0.05) is 12.1 Å². The van der Waals surface area contributed by atoms with Gasteiger partial charge in [-0.2, -0.15) is 22.5 Å². The Kier molecular flexibility index (Phi) is 3.93. The van der Waals surface area contributed by atoms with Crippen LogP contribution in [-0.4, -0.2) is 22.1 Å². The lowest BCUT2D eigenvalue weighted by Gasteiger charge is -2.39. The van der Waals surface area contributed by atoms with Crippen molar-refractivity contribution in [3.63, 3.8) is 0 Å². The van der Waals surface area contributed by atoms with Gasteiger partial charge >= 0.3 is 0 Å². The molecule has 1 aromatic rings. The first-order chi connectivity index (χ1) is 8.91. The second-order valence-corrected chi connectivity index (χ2v) is 4.84. The molecule has 3 nitrogen and oxygen atoms in total. The third kappa shape index (κ3) is 2.65. The molecule has 0 saturated carbocycles. The van der Waals surface area contributed by atoms with E-state index in [-0.39, 0.29) is 12.1 Å². The van der Waals surface area contributed by atoms with Crippen molar-refractivity contribution in [2.24, 2.45) is 0 Å². The minimum atomic E-state index is -1.65. The molecule has 0 radical (unpaired) electrons. The summed E-state index contributed by atoms with van der Waals surface area (Å²) in [6, 6.07) is 0.0312. The number of piperidine rings is 1. The Hall–Kier alpha value is -1.37. The first-order valence-electron chi connectivity index (χ1n) is 6.16. The van der Waals surface area contributed by atoms with Crippen LogP contribution in [0.1, 0.15) is 33.1 Å². The fourth-order valence-electron chi connectivity index (χ4n) is 2.36. The molecule has 0 aliphatic carbocycles. The van der Waals surface area contributed by atoms with Gasteiger partial charge in [0.25, 0.3) is 11.9 Å². The largest absolute Gasteiger partial charge is 0.313 e. The molecule has 1 aliphatic heterocycles. The lowest BCUT2D eigenvalue weighted by Crippen LogP contribution is -2.47. The number of nitrogens with one attached hydrogen (secondary N) is 1. The van der Waals surface area contributed by atoms with Crippen molar-refractivity contribution < 1.29 is 17.6 Å².